The number of ether oxygens (including phenoxy) is 2. The SMILES string of the molecule is CC(C)[C@H](N)C(=O)OCC1(O)CCOC1. The maximum absolute atomic E-state index is 11.4. The van der Waals surface area contributed by atoms with Crippen molar-refractivity contribution in [1.29, 1.82) is 0 Å². The first-order chi connectivity index (χ1) is 6.94. The minimum absolute atomic E-state index is 0.0342. The average Bonchev–Trinajstić information content (AvgIpc) is 2.61. The van der Waals surface area contributed by atoms with E-state index < -0.39 is 17.6 Å². The molecule has 0 amide bonds. The van der Waals surface area contributed by atoms with E-state index in [1.807, 2.05) is 13.8 Å². The van der Waals surface area contributed by atoms with E-state index in [9.17, 15) is 9.90 Å². The number of rotatable bonds is 4. The highest BCUT2D eigenvalue weighted by Gasteiger charge is 2.34. The van der Waals surface area contributed by atoms with Crippen LogP contribution in [0.4, 0.5) is 0 Å². The number of carbonyl (C=O) groups is 1. The Labute approximate surface area is 89.5 Å². The number of hydrogen-bond acceptors (Lipinski definition) is 5. The van der Waals surface area contributed by atoms with Gasteiger partial charge in [-0.25, -0.2) is 0 Å². The van der Waals surface area contributed by atoms with Crippen LogP contribution in [0.15, 0.2) is 0 Å². The summed E-state index contributed by atoms with van der Waals surface area (Å²) in [4.78, 5) is 11.4. The number of carbonyl (C=O) groups excluding carboxylic acids is 1. The van der Waals surface area contributed by atoms with Crippen molar-refractivity contribution in [2.45, 2.75) is 31.9 Å². The van der Waals surface area contributed by atoms with Crippen LogP contribution in [0.5, 0.6) is 0 Å². The van der Waals surface area contributed by atoms with Crippen LogP contribution in [-0.4, -0.2) is 42.5 Å². The monoisotopic (exact) mass is 217 g/mol. The van der Waals surface area contributed by atoms with E-state index in [1.165, 1.54) is 0 Å². The Morgan fingerprint density at radius 2 is 2.33 bits per heavy atom. The summed E-state index contributed by atoms with van der Waals surface area (Å²) in [6.45, 7) is 4.38. The van der Waals surface area contributed by atoms with Crippen LogP contribution in [0.25, 0.3) is 0 Å². The van der Waals surface area contributed by atoms with Gasteiger partial charge in [0.05, 0.1) is 6.61 Å². The zero-order valence-corrected chi connectivity index (χ0v) is 9.23. The topological polar surface area (TPSA) is 81.8 Å². The zero-order chi connectivity index (χ0) is 11.5. The molecule has 1 fully saturated rings. The van der Waals surface area contributed by atoms with Gasteiger partial charge in [-0.3, -0.25) is 4.79 Å². The van der Waals surface area contributed by atoms with Gasteiger partial charge < -0.3 is 20.3 Å². The van der Waals surface area contributed by atoms with E-state index in [-0.39, 0.29) is 19.1 Å². The molecule has 5 nitrogen and oxygen atoms in total. The van der Waals surface area contributed by atoms with E-state index >= 15 is 0 Å². The van der Waals surface area contributed by atoms with Gasteiger partial charge in [0.2, 0.25) is 0 Å². The summed E-state index contributed by atoms with van der Waals surface area (Å²) < 4.78 is 9.99. The number of aliphatic hydroxyl groups is 1. The second-order valence-electron chi connectivity index (χ2n) is 4.40. The Hall–Kier alpha value is -0.650. The van der Waals surface area contributed by atoms with Crippen LogP contribution in [0.1, 0.15) is 20.3 Å². The van der Waals surface area contributed by atoms with Crippen LogP contribution in [0, 0.1) is 5.92 Å². The molecule has 1 heterocycles. The molecule has 1 rings (SSSR count). The number of hydrogen-bond donors (Lipinski definition) is 2. The van der Waals surface area contributed by atoms with Crippen molar-refractivity contribution in [2.24, 2.45) is 11.7 Å². The highest BCUT2D eigenvalue weighted by atomic mass is 16.6. The Balaban J connectivity index is 2.33. The fraction of sp³-hybridized carbons (Fsp3) is 0.900. The molecule has 1 aliphatic rings. The van der Waals surface area contributed by atoms with Crippen LogP contribution in [0.2, 0.25) is 0 Å². The Kier molecular flexibility index (Phi) is 4.07. The first kappa shape index (κ1) is 12.4. The normalized spacial score (nSPS) is 28.1. The van der Waals surface area contributed by atoms with Gasteiger partial charge >= 0.3 is 5.97 Å². The minimum Gasteiger partial charge on any atom is -0.461 e. The van der Waals surface area contributed by atoms with Crippen LogP contribution >= 0.6 is 0 Å². The molecule has 1 aliphatic heterocycles. The third-order valence-electron chi connectivity index (χ3n) is 2.56. The zero-order valence-electron chi connectivity index (χ0n) is 9.23. The second-order valence-corrected chi connectivity index (χ2v) is 4.40. The predicted molar refractivity (Wildman–Crippen MR) is 54.2 cm³/mol. The molecule has 5 heteroatoms. The van der Waals surface area contributed by atoms with E-state index in [0.29, 0.717) is 13.0 Å². The van der Waals surface area contributed by atoms with Gasteiger partial charge in [0.15, 0.2) is 0 Å². The maximum atomic E-state index is 11.4. The standard InChI is InChI=1S/C10H19NO4/c1-7(2)8(11)9(12)15-6-10(13)3-4-14-5-10/h7-8,13H,3-6,11H2,1-2H3/t8-,10?/m0/s1. The molecule has 1 saturated heterocycles. The van der Waals surface area contributed by atoms with E-state index in [4.69, 9.17) is 15.2 Å². The summed E-state index contributed by atoms with van der Waals surface area (Å²) in [5.74, 6) is -0.433. The van der Waals surface area contributed by atoms with Crippen LogP contribution in [0.3, 0.4) is 0 Å². The van der Waals surface area contributed by atoms with Crippen LogP contribution in [-0.2, 0) is 14.3 Å². The molecule has 0 saturated carbocycles. The minimum atomic E-state index is -1.02. The van der Waals surface area contributed by atoms with Gasteiger partial charge in [0.1, 0.15) is 18.2 Å². The second kappa shape index (κ2) is 4.92. The lowest BCUT2D eigenvalue weighted by Crippen LogP contribution is -2.42. The molecule has 0 radical (unpaired) electrons. The van der Waals surface area contributed by atoms with Gasteiger partial charge in [-0.05, 0) is 5.92 Å². The highest BCUT2D eigenvalue weighted by Crippen LogP contribution is 2.18. The van der Waals surface area contributed by atoms with Crippen molar-refractivity contribution in [3.8, 4) is 0 Å². The molecule has 0 aliphatic carbocycles. The first-order valence-corrected chi connectivity index (χ1v) is 5.17. The molecule has 0 aromatic carbocycles. The number of nitrogens with two attached hydrogens (primary N) is 1. The van der Waals surface area contributed by atoms with Crippen molar-refractivity contribution in [3.63, 3.8) is 0 Å². The summed E-state index contributed by atoms with van der Waals surface area (Å²) in [6, 6.07) is -0.629. The summed E-state index contributed by atoms with van der Waals surface area (Å²) >= 11 is 0. The number of esters is 1. The predicted octanol–water partition coefficient (Wildman–Crippen LogP) is -0.336. The molecule has 2 atom stereocenters. The van der Waals surface area contributed by atoms with Crippen molar-refractivity contribution >= 4 is 5.97 Å². The molecular formula is C10H19NO4. The molecule has 3 N–H and O–H groups in total. The smallest absolute Gasteiger partial charge is 0.323 e. The van der Waals surface area contributed by atoms with E-state index in [0.717, 1.165) is 0 Å². The van der Waals surface area contributed by atoms with Crippen molar-refractivity contribution < 1.29 is 19.4 Å². The molecular weight excluding hydrogens is 198 g/mol. The van der Waals surface area contributed by atoms with Crippen LogP contribution < -0.4 is 5.73 Å². The third kappa shape index (κ3) is 3.44. The molecule has 0 bridgehead atoms. The Bertz CT molecular complexity index is 223. The Morgan fingerprint density at radius 1 is 1.67 bits per heavy atom. The molecule has 88 valence electrons. The first-order valence-electron chi connectivity index (χ1n) is 5.17. The quantitative estimate of drug-likeness (QED) is 0.630. The van der Waals surface area contributed by atoms with Gasteiger partial charge in [-0.15, -0.1) is 0 Å². The lowest BCUT2D eigenvalue weighted by atomic mass is 10.0. The highest BCUT2D eigenvalue weighted by molar-refractivity contribution is 5.75. The summed E-state index contributed by atoms with van der Waals surface area (Å²) in [6.07, 6.45) is 0.497. The van der Waals surface area contributed by atoms with E-state index in [2.05, 4.69) is 0 Å². The molecule has 0 aromatic heterocycles. The fourth-order valence-corrected chi connectivity index (χ4v) is 1.28. The summed E-state index contributed by atoms with van der Waals surface area (Å²) in [5, 5.41) is 9.82. The van der Waals surface area contributed by atoms with Crippen molar-refractivity contribution in [3.05, 3.63) is 0 Å². The lowest BCUT2D eigenvalue weighted by Gasteiger charge is -2.22. The van der Waals surface area contributed by atoms with E-state index in [1.54, 1.807) is 0 Å². The molecule has 1 unspecified atom stereocenters. The third-order valence-corrected chi connectivity index (χ3v) is 2.56. The average molecular weight is 217 g/mol. The van der Waals surface area contributed by atoms with Gasteiger partial charge in [-0.1, -0.05) is 13.8 Å². The summed E-state index contributed by atoms with van der Waals surface area (Å²) in [5.41, 5.74) is 4.58. The largest absolute Gasteiger partial charge is 0.461 e. The molecule has 15 heavy (non-hydrogen) atoms. The van der Waals surface area contributed by atoms with Gasteiger partial charge in [0.25, 0.3) is 0 Å². The fourth-order valence-electron chi connectivity index (χ4n) is 1.28. The maximum Gasteiger partial charge on any atom is 0.323 e. The molecule has 0 aromatic rings. The lowest BCUT2D eigenvalue weighted by molar-refractivity contribution is -0.154. The molecule has 0 spiro atoms. The van der Waals surface area contributed by atoms with Crippen molar-refractivity contribution in [2.75, 3.05) is 19.8 Å². The summed E-state index contributed by atoms with van der Waals surface area (Å²) in [7, 11) is 0. The van der Waals surface area contributed by atoms with Gasteiger partial charge in [-0.2, -0.15) is 0 Å². The van der Waals surface area contributed by atoms with Gasteiger partial charge in [0, 0.05) is 13.0 Å². The Morgan fingerprint density at radius 3 is 2.80 bits per heavy atom. The van der Waals surface area contributed by atoms with Crippen molar-refractivity contribution in [1.82, 2.24) is 0 Å².